The normalized spacial score (nSPS) is 22.8. The Morgan fingerprint density at radius 1 is 1.29 bits per heavy atom. The van der Waals surface area contributed by atoms with Gasteiger partial charge in [-0.05, 0) is 44.2 Å². The van der Waals surface area contributed by atoms with Gasteiger partial charge in [-0.2, -0.15) is 0 Å². The highest BCUT2D eigenvalue weighted by atomic mass is 32.2. The van der Waals surface area contributed by atoms with E-state index < -0.39 is 10.0 Å². The molecule has 1 aromatic rings. The number of thiophene rings is 1. The maximum atomic E-state index is 12.2. The molecule has 1 aromatic heterocycles. The van der Waals surface area contributed by atoms with Crippen molar-refractivity contribution in [3.63, 3.8) is 0 Å². The molecule has 2 aliphatic rings. The van der Waals surface area contributed by atoms with Gasteiger partial charge in [0.15, 0.2) is 0 Å². The van der Waals surface area contributed by atoms with Crippen LogP contribution in [0.2, 0.25) is 0 Å². The summed E-state index contributed by atoms with van der Waals surface area (Å²) in [7, 11) is -3.39. The highest BCUT2D eigenvalue weighted by Crippen LogP contribution is 2.23. The first-order valence-corrected chi connectivity index (χ1v) is 9.87. The van der Waals surface area contributed by atoms with Crippen molar-refractivity contribution >= 4 is 21.4 Å². The van der Waals surface area contributed by atoms with E-state index in [9.17, 15) is 8.42 Å². The third kappa shape index (κ3) is 4.50. The summed E-state index contributed by atoms with van der Waals surface area (Å²) in [6.07, 6.45) is 5.42. The van der Waals surface area contributed by atoms with Gasteiger partial charge in [-0.1, -0.05) is 0 Å². The van der Waals surface area contributed by atoms with Crippen molar-refractivity contribution in [1.82, 2.24) is 10.0 Å². The molecule has 1 atom stereocenters. The molecule has 5 nitrogen and oxygen atoms in total. The Morgan fingerprint density at radius 3 is 2.86 bits per heavy atom. The lowest BCUT2D eigenvalue weighted by molar-refractivity contribution is 0.114. The van der Waals surface area contributed by atoms with Gasteiger partial charge in [0.05, 0.1) is 6.10 Å². The summed E-state index contributed by atoms with van der Waals surface area (Å²) in [4.78, 5) is 1.11. The molecule has 7 heteroatoms. The molecule has 1 aliphatic carbocycles. The molecule has 0 spiro atoms. The van der Waals surface area contributed by atoms with Crippen LogP contribution in [0, 0.1) is 0 Å². The maximum absolute atomic E-state index is 12.2. The first-order valence-electron chi connectivity index (χ1n) is 7.57. The molecule has 2 fully saturated rings. The number of rotatable bonds is 8. The SMILES string of the molecule is O=S(=O)(NCC1CCCO1)c1ccc(CCNC2CC2)s1. The Balaban J connectivity index is 1.50. The second-order valence-corrected chi connectivity index (χ2v) is 8.85. The standard InChI is InChI=1S/C14H22N2O3S2/c17-21(18,16-10-12-2-1-9-19-12)14-6-5-13(20-14)7-8-15-11-3-4-11/h5-6,11-12,15-16H,1-4,7-10H2. The average Bonchev–Trinajstić information content (AvgIpc) is 2.94. The van der Waals surface area contributed by atoms with Crippen LogP contribution in [-0.2, 0) is 21.2 Å². The predicted molar refractivity (Wildman–Crippen MR) is 83.2 cm³/mol. The van der Waals surface area contributed by atoms with Gasteiger partial charge in [-0.15, -0.1) is 11.3 Å². The molecule has 1 aliphatic heterocycles. The van der Waals surface area contributed by atoms with Crippen LogP contribution in [0.25, 0.3) is 0 Å². The van der Waals surface area contributed by atoms with Gasteiger partial charge in [0.2, 0.25) is 10.0 Å². The van der Waals surface area contributed by atoms with Crippen molar-refractivity contribution in [2.24, 2.45) is 0 Å². The Labute approximate surface area is 130 Å². The van der Waals surface area contributed by atoms with E-state index in [-0.39, 0.29) is 6.10 Å². The second kappa shape index (κ2) is 6.75. The molecule has 1 unspecified atom stereocenters. The van der Waals surface area contributed by atoms with Crippen molar-refractivity contribution in [1.29, 1.82) is 0 Å². The number of nitrogens with one attached hydrogen (secondary N) is 2. The summed E-state index contributed by atoms with van der Waals surface area (Å²) in [6, 6.07) is 4.32. The molecule has 0 radical (unpaired) electrons. The van der Waals surface area contributed by atoms with E-state index in [1.807, 2.05) is 6.07 Å². The minimum Gasteiger partial charge on any atom is -0.377 e. The molecule has 2 heterocycles. The topological polar surface area (TPSA) is 67.4 Å². The smallest absolute Gasteiger partial charge is 0.250 e. The molecule has 0 aromatic carbocycles. The van der Waals surface area contributed by atoms with Crippen LogP contribution >= 0.6 is 11.3 Å². The molecule has 1 saturated heterocycles. The van der Waals surface area contributed by atoms with Gasteiger partial charge in [-0.3, -0.25) is 0 Å². The lowest BCUT2D eigenvalue weighted by Gasteiger charge is -2.10. The van der Waals surface area contributed by atoms with Crippen molar-refractivity contribution in [3.05, 3.63) is 17.0 Å². The van der Waals surface area contributed by atoms with Gasteiger partial charge in [0.25, 0.3) is 0 Å². The summed E-state index contributed by atoms with van der Waals surface area (Å²) >= 11 is 1.36. The van der Waals surface area contributed by atoms with E-state index in [0.717, 1.165) is 37.3 Å². The van der Waals surface area contributed by atoms with Crippen LogP contribution in [-0.4, -0.2) is 40.3 Å². The molecule has 21 heavy (non-hydrogen) atoms. The molecule has 0 amide bonds. The minimum absolute atomic E-state index is 0.0296. The number of hydrogen-bond acceptors (Lipinski definition) is 5. The van der Waals surface area contributed by atoms with Crippen molar-refractivity contribution < 1.29 is 13.2 Å². The third-order valence-electron chi connectivity index (χ3n) is 3.81. The molecule has 3 rings (SSSR count). The molecule has 2 N–H and O–H groups in total. The largest absolute Gasteiger partial charge is 0.377 e. The van der Waals surface area contributed by atoms with Gasteiger partial charge < -0.3 is 10.1 Å². The van der Waals surface area contributed by atoms with E-state index >= 15 is 0 Å². The van der Waals surface area contributed by atoms with Gasteiger partial charge in [0.1, 0.15) is 4.21 Å². The monoisotopic (exact) mass is 330 g/mol. The van der Waals surface area contributed by atoms with Gasteiger partial charge in [0, 0.05) is 30.6 Å². The highest BCUT2D eigenvalue weighted by Gasteiger charge is 2.22. The summed E-state index contributed by atoms with van der Waals surface area (Å²) in [5.74, 6) is 0. The maximum Gasteiger partial charge on any atom is 0.250 e. The Morgan fingerprint density at radius 2 is 2.14 bits per heavy atom. The fraction of sp³-hybridized carbons (Fsp3) is 0.714. The van der Waals surface area contributed by atoms with Crippen LogP contribution < -0.4 is 10.0 Å². The number of hydrogen-bond donors (Lipinski definition) is 2. The summed E-state index contributed by atoms with van der Waals surface area (Å²) in [6.45, 7) is 2.04. The molecular weight excluding hydrogens is 308 g/mol. The number of ether oxygens (including phenoxy) is 1. The van der Waals surface area contributed by atoms with Crippen molar-refractivity contribution in [2.45, 2.75) is 48.5 Å². The Hall–Kier alpha value is -0.470. The molecule has 1 saturated carbocycles. The lowest BCUT2D eigenvalue weighted by atomic mass is 10.2. The van der Waals surface area contributed by atoms with Crippen LogP contribution in [0.15, 0.2) is 16.3 Å². The highest BCUT2D eigenvalue weighted by molar-refractivity contribution is 7.91. The molecule has 118 valence electrons. The second-order valence-electron chi connectivity index (χ2n) is 5.69. The third-order valence-corrected chi connectivity index (χ3v) is 6.87. The fourth-order valence-electron chi connectivity index (χ4n) is 2.40. The van der Waals surface area contributed by atoms with Crippen molar-refractivity contribution in [2.75, 3.05) is 19.7 Å². The average molecular weight is 330 g/mol. The van der Waals surface area contributed by atoms with Crippen LogP contribution in [0.5, 0.6) is 0 Å². The molecular formula is C14H22N2O3S2. The van der Waals surface area contributed by atoms with E-state index in [0.29, 0.717) is 16.8 Å². The first-order chi connectivity index (χ1) is 10.1. The summed E-state index contributed by atoms with van der Waals surface area (Å²) < 4.78 is 32.9. The number of sulfonamides is 1. The van der Waals surface area contributed by atoms with E-state index in [2.05, 4.69) is 10.0 Å². The van der Waals surface area contributed by atoms with E-state index in [4.69, 9.17) is 4.74 Å². The van der Waals surface area contributed by atoms with Gasteiger partial charge in [-0.25, -0.2) is 13.1 Å². The van der Waals surface area contributed by atoms with E-state index in [1.165, 1.54) is 24.2 Å². The fourth-order valence-corrected chi connectivity index (χ4v) is 4.87. The Bertz CT molecular complexity index is 561. The molecule has 0 bridgehead atoms. The van der Waals surface area contributed by atoms with Crippen LogP contribution in [0.3, 0.4) is 0 Å². The predicted octanol–water partition coefficient (Wildman–Crippen LogP) is 1.50. The Kier molecular flexibility index (Phi) is 4.96. The van der Waals surface area contributed by atoms with Crippen molar-refractivity contribution in [3.8, 4) is 0 Å². The zero-order valence-corrected chi connectivity index (χ0v) is 13.6. The summed E-state index contributed by atoms with van der Waals surface area (Å²) in [5, 5.41) is 3.44. The minimum atomic E-state index is -3.39. The zero-order chi connectivity index (χ0) is 14.7. The van der Waals surface area contributed by atoms with Gasteiger partial charge >= 0.3 is 0 Å². The zero-order valence-electron chi connectivity index (χ0n) is 12.0. The van der Waals surface area contributed by atoms with E-state index in [1.54, 1.807) is 6.07 Å². The first kappa shape index (κ1) is 15.4. The van der Waals surface area contributed by atoms with Crippen LogP contribution in [0.4, 0.5) is 0 Å². The van der Waals surface area contributed by atoms with Crippen LogP contribution in [0.1, 0.15) is 30.6 Å². The summed E-state index contributed by atoms with van der Waals surface area (Å²) in [5.41, 5.74) is 0. The lowest BCUT2D eigenvalue weighted by Crippen LogP contribution is -2.31. The quantitative estimate of drug-likeness (QED) is 0.758.